The molecule has 0 aliphatic rings. The average Bonchev–Trinajstić information content (AvgIpc) is 2.05. The molecule has 1 aromatic carbocycles. The third-order valence-corrected chi connectivity index (χ3v) is 1.99. The van der Waals surface area contributed by atoms with Crippen LogP contribution >= 0.6 is 11.6 Å². The summed E-state index contributed by atoms with van der Waals surface area (Å²) in [7, 11) is 0. The molecule has 0 saturated carbocycles. The number of nitrogens with two attached hydrogens (primary N) is 1. The van der Waals surface area contributed by atoms with Crippen molar-refractivity contribution in [3.8, 4) is 0 Å². The van der Waals surface area contributed by atoms with Crippen LogP contribution in [0.1, 0.15) is 11.1 Å². The first-order valence-corrected chi connectivity index (χ1v) is 4.37. The predicted octanol–water partition coefficient (Wildman–Crippen LogP) is 2.84. The Labute approximate surface area is 89.4 Å². The van der Waals surface area contributed by atoms with E-state index in [1.807, 2.05) is 0 Å². The van der Waals surface area contributed by atoms with Gasteiger partial charge in [0.2, 0.25) is 0 Å². The molecule has 1 rings (SSSR count). The Morgan fingerprint density at radius 3 is 2.47 bits per heavy atom. The number of nitrogens with one attached hydrogen (secondary N) is 1. The van der Waals surface area contributed by atoms with Gasteiger partial charge in [0.25, 0.3) is 0 Å². The number of hydrogen-bond acceptors (Lipinski definition) is 1. The molecule has 0 radical (unpaired) electrons. The molecule has 0 heterocycles. The summed E-state index contributed by atoms with van der Waals surface area (Å²) in [6, 6.07) is 3.40. The van der Waals surface area contributed by atoms with E-state index in [-0.39, 0.29) is 22.8 Å². The van der Waals surface area contributed by atoms with Crippen molar-refractivity contribution < 1.29 is 13.2 Å². The van der Waals surface area contributed by atoms with Gasteiger partial charge in [-0.05, 0) is 17.7 Å². The Morgan fingerprint density at radius 2 is 2.00 bits per heavy atom. The van der Waals surface area contributed by atoms with Crippen LogP contribution in [0.4, 0.5) is 13.2 Å². The van der Waals surface area contributed by atoms with Crippen LogP contribution in [-0.4, -0.2) is 5.84 Å². The van der Waals surface area contributed by atoms with Crippen LogP contribution in [0.5, 0.6) is 0 Å². The van der Waals surface area contributed by atoms with Gasteiger partial charge in [0, 0.05) is 11.4 Å². The zero-order valence-corrected chi connectivity index (χ0v) is 8.28. The second kappa shape index (κ2) is 4.10. The molecule has 0 saturated heterocycles. The predicted molar refractivity (Wildman–Crippen MR) is 52.1 cm³/mol. The minimum atomic E-state index is -4.48. The summed E-state index contributed by atoms with van der Waals surface area (Å²) in [6.07, 6.45) is -4.71. The van der Waals surface area contributed by atoms with E-state index >= 15 is 0 Å². The first kappa shape index (κ1) is 11.8. The van der Waals surface area contributed by atoms with Gasteiger partial charge in [-0.2, -0.15) is 13.2 Å². The van der Waals surface area contributed by atoms with Gasteiger partial charge in [0.1, 0.15) is 0 Å². The smallest absolute Gasteiger partial charge is 0.387 e. The molecule has 0 aliphatic carbocycles. The highest BCUT2D eigenvalue weighted by molar-refractivity contribution is 6.30. The summed E-state index contributed by atoms with van der Waals surface area (Å²) in [6.45, 7) is 0. The van der Waals surface area contributed by atoms with Crippen molar-refractivity contribution in [2.75, 3.05) is 0 Å². The Hall–Kier alpha value is -1.23. The first-order valence-electron chi connectivity index (χ1n) is 3.99. The fraction of sp³-hybridized carbons (Fsp3) is 0.222. The van der Waals surface area contributed by atoms with E-state index in [0.29, 0.717) is 0 Å². The summed E-state index contributed by atoms with van der Waals surface area (Å²) in [5, 5.41) is 6.97. The van der Waals surface area contributed by atoms with E-state index in [4.69, 9.17) is 22.7 Å². The van der Waals surface area contributed by atoms with Gasteiger partial charge in [-0.15, -0.1) is 0 Å². The van der Waals surface area contributed by atoms with Crippen LogP contribution in [0.3, 0.4) is 0 Å². The number of amidine groups is 1. The normalized spacial score (nSPS) is 11.5. The summed E-state index contributed by atoms with van der Waals surface area (Å²) in [5.41, 5.74) is 4.17. The van der Waals surface area contributed by atoms with Gasteiger partial charge < -0.3 is 5.73 Å². The Morgan fingerprint density at radius 1 is 1.40 bits per heavy atom. The zero-order chi connectivity index (χ0) is 11.6. The summed E-state index contributed by atoms with van der Waals surface area (Å²) in [4.78, 5) is 0. The molecule has 0 atom stereocenters. The van der Waals surface area contributed by atoms with Gasteiger partial charge >= 0.3 is 6.18 Å². The van der Waals surface area contributed by atoms with Gasteiger partial charge in [-0.25, -0.2) is 0 Å². The third-order valence-electron chi connectivity index (χ3n) is 1.76. The van der Waals surface area contributed by atoms with Gasteiger partial charge in [0.15, 0.2) is 0 Å². The van der Waals surface area contributed by atoms with E-state index in [1.165, 1.54) is 12.1 Å². The van der Waals surface area contributed by atoms with Crippen LogP contribution in [0.15, 0.2) is 18.2 Å². The number of halogens is 4. The van der Waals surface area contributed by atoms with Crippen molar-refractivity contribution >= 4 is 17.4 Å². The molecular formula is C9H8ClF3N2. The number of benzene rings is 1. The average molecular weight is 237 g/mol. The largest absolute Gasteiger partial charge is 0.416 e. The van der Waals surface area contributed by atoms with Crippen LogP contribution < -0.4 is 5.73 Å². The highest BCUT2D eigenvalue weighted by Crippen LogP contribution is 2.33. The summed E-state index contributed by atoms with van der Waals surface area (Å²) < 4.78 is 37.5. The van der Waals surface area contributed by atoms with Crippen molar-refractivity contribution in [3.63, 3.8) is 0 Å². The summed E-state index contributed by atoms with van der Waals surface area (Å²) in [5.74, 6) is -0.317. The minimum Gasteiger partial charge on any atom is -0.387 e. The summed E-state index contributed by atoms with van der Waals surface area (Å²) >= 11 is 5.47. The van der Waals surface area contributed by atoms with Crippen LogP contribution in [0.25, 0.3) is 0 Å². The quantitative estimate of drug-likeness (QED) is 0.602. The molecule has 0 unspecified atom stereocenters. The highest BCUT2D eigenvalue weighted by atomic mass is 35.5. The zero-order valence-electron chi connectivity index (χ0n) is 7.53. The van der Waals surface area contributed by atoms with Crippen molar-refractivity contribution in [2.24, 2.45) is 5.73 Å². The molecule has 3 N–H and O–H groups in total. The number of hydrogen-bond donors (Lipinski definition) is 2. The van der Waals surface area contributed by atoms with Crippen LogP contribution in [0, 0.1) is 5.41 Å². The van der Waals surface area contributed by atoms with Gasteiger partial charge in [0.05, 0.1) is 11.4 Å². The molecule has 0 spiro atoms. The van der Waals surface area contributed by atoms with Crippen molar-refractivity contribution in [1.82, 2.24) is 0 Å². The number of alkyl halides is 3. The van der Waals surface area contributed by atoms with E-state index in [2.05, 4.69) is 0 Å². The molecule has 0 aliphatic heterocycles. The lowest BCUT2D eigenvalue weighted by atomic mass is 10.0. The molecule has 2 nitrogen and oxygen atoms in total. The Kier molecular flexibility index (Phi) is 3.24. The Balaban J connectivity index is 3.20. The van der Waals surface area contributed by atoms with E-state index in [9.17, 15) is 13.2 Å². The minimum absolute atomic E-state index is 0.00891. The lowest BCUT2D eigenvalue weighted by Crippen LogP contribution is -2.17. The molecule has 1 aromatic rings. The first-order chi connectivity index (χ1) is 6.80. The van der Waals surface area contributed by atoms with Crippen molar-refractivity contribution in [3.05, 3.63) is 34.3 Å². The molecule has 0 bridgehead atoms. The number of rotatable bonds is 2. The second-order valence-electron chi connectivity index (χ2n) is 3.00. The topological polar surface area (TPSA) is 49.9 Å². The standard InChI is InChI=1S/C9H8ClF3N2/c10-6-2-1-5(3-8(14)15)7(4-6)9(11,12)13/h1-2,4H,3H2,(H3,14,15). The Bertz CT molecular complexity index is 387. The lowest BCUT2D eigenvalue weighted by molar-refractivity contribution is -0.138. The SMILES string of the molecule is N=C(N)Cc1ccc(Cl)cc1C(F)(F)F. The van der Waals surface area contributed by atoms with Gasteiger partial charge in [-0.1, -0.05) is 17.7 Å². The van der Waals surface area contributed by atoms with Crippen molar-refractivity contribution in [1.29, 1.82) is 5.41 Å². The van der Waals surface area contributed by atoms with Gasteiger partial charge in [-0.3, -0.25) is 5.41 Å². The third kappa shape index (κ3) is 3.13. The van der Waals surface area contributed by atoms with Crippen LogP contribution in [0.2, 0.25) is 5.02 Å². The molecule has 0 fully saturated rings. The molecular weight excluding hydrogens is 229 g/mol. The maximum atomic E-state index is 12.5. The van der Waals surface area contributed by atoms with Crippen molar-refractivity contribution in [2.45, 2.75) is 12.6 Å². The highest BCUT2D eigenvalue weighted by Gasteiger charge is 2.33. The maximum absolute atomic E-state index is 12.5. The molecule has 0 amide bonds. The second-order valence-corrected chi connectivity index (χ2v) is 3.44. The fourth-order valence-electron chi connectivity index (χ4n) is 1.17. The lowest BCUT2D eigenvalue weighted by Gasteiger charge is -2.12. The molecule has 6 heteroatoms. The fourth-order valence-corrected chi connectivity index (χ4v) is 1.34. The van der Waals surface area contributed by atoms with Crippen LogP contribution in [-0.2, 0) is 12.6 Å². The molecule has 82 valence electrons. The molecule has 15 heavy (non-hydrogen) atoms. The maximum Gasteiger partial charge on any atom is 0.416 e. The molecule has 0 aromatic heterocycles. The van der Waals surface area contributed by atoms with E-state index in [0.717, 1.165) is 6.07 Å². The van der Waals surface area contributed by atoms with E-state index < -0.39 is 11.7 Å². The monoisotopic (exact) mass is 236 g/mol. The van der Waals surface area contributed by atoms with E-state index in [1.54, 1.807) is 0 Å².